The van der Waals surface area contributed by atoms with Crippen LogP contribution in [-0.4, -0.2) is 21.0 Å². The number of rotatable bonds is 5. The van der Waals surface area contributed by atoms with Gasteiger partial charge >= 0.3 is 0 Å². The Morgan fingerprint density at radius 1 is 1.07 bits per heavy atom. The Hall–Kier alpha value is -2.88. The quantitative estimate of drug-likeness (QED) is 0.678. The highest BCUT2D eigenvalue weighted by Crippen LogP contribution is 2.39. The van der Waals surface area contributed by atoms with E-state index >= 15 is 0 Å². The molecule has 1 heterocycles. The molecule has 3 aromatic rings. The van der Waals surface area contributed by atoms with Crippen LogP contribution in [0.3, 0.4) is 0 Å². The van der Waals surface area contributed by atoms with E-state index in [-0.39, 0.29) is 11.4 Å². The SMILES string of the molecule is Cc1ccc(-c2cc(C(=O)NC(C)(C)C3CC3)cc(-n3ccnc3C)c2)cc1. The van der Waals surface area contributed by atoms with Gasteiger partial charge in [-0.05, 0) is 75.8 Å². The van der Waals surface area contributed by atoms with Crippen LogP contribution < -0.4 is 5.32 Å². The first-order valence-electron chi connectivity index (χ1n) is 9.88. The van der Waals surface area contributed by atoms with Gasteiger partial charge in [-0.1, -0.05) is 29.8 Å². The van der Waals surface area contributed by atoms with Crippen LogP contribution in [0, 0.1) is 19.8 Å². The molecule has 0 aliphatic heterocycles. The lowest BCUT2D eigenvalue weighted by Crippen LogP contribution is -2.45. The van der Waals surface area contributed by atoms with E-state index in [0.29, 0.717) is 11.5 Å². The van der Waals surface area contributed by atoms with Crippen molar-refractivity contribution >= 4 is 5.91 Å². The molecule has 0 atom stereocenters. The van der Waals surface area contributed by atoms with Gasteiger partial charge in [-0.15, -0.1) is 0 Å². The molecule has 4 rings (SSSR count). The zero-order valence-electron chi connectivity index (χ0n) is 17.0. The number of aromatic nitrogens is 2. The standard InChI is InChI=1S/C24H27N3O/c1-16-5-7-18(8-6-16)19-13-20(23(28)26-24(3,4)21-9-10-21)15-22(14-19)27-12-11-25-17(27)2/h5-8,11-15,21H,9-10H2,1-4H3,(H,26,28). The highest BCUT2D eigenvalue weighted by molar-refractivity contribution is 5.96. The predicted octanol–water partition coefficient (Wildman–Crippen LogP) is 5.07. The minimum absolute atomic E-state index is 0.0233. The number of nitrogens with zero attached hydrogens (tertiary/aromatic N) is 2. The van der Waals surface area contributed by atoms with Crippen molar-refractivity contribution in [2.75, 3.05) is 0 Å². The molecule has 4 nitrogen and oxygen atoms in total. The van der Waals surface area contributed by atoms with E-state index in [1.807, 2.05) is 29.8 Å². The maximum atomic E-state index is 13.1. The number of carbonyl (C=O) groups is 1. The van der Waals surface area contributed by atoms with Gasteiger partial charge in [0.15, 0.2) is 0 Å². The number of hydrogen-bond acceptors (Lipinski definition) is 2. The van der Waals surface area contributed by atoms with Crippen molar-refractivity contribution < 1.29 is 4.79 Å². The normalized spacial score (nSPS) is 14.1. The second-order valence-corrected chi connectivity index (χ2v) is 8.43. The number of aryl methyl sites for hydroxylation is 2. The van der Waals surface area contributed by atoms with E-state index < -0.39 is 0 Å². The van der Waals surface area contributed by atoms with Gasteiger partial charge in [0.2, 0.25) is 0 Å². The van der Waals surface area contributed by atoms with E-state index in [4.69, 9.17) is 0 Å². The maximum absolute atomic E-state index is 13.1. The minimum atomic E-state index is -0.179. The summed E-state index contributed by atoms with van der Waals surface area (Å²) in [5.74, 6) is 1.45. The van der Waals surface area contributed by atoms with Crippen LogP contribution in [0.25, 0.3) is 16.8 Å². The van der Waals surface area contributed by atoms with Crippen molar-refractivity contribution in [1.29, 1.82) is 0 Å². The summed E-state index contributed by atoms with van der Waals surface area (Å²) in [6.45, 7) is 8.28. The maximum Gasteiger partial charge on any atom is 0.251 e. The highest BCUT2D eigenvalue weighted by atomic mass is 16.1. The van der Waals surface area contributed by atoms with Crippen molar-refractivity contribution in [3.63, 3.8) is 0 Å². The minimum Gasteiger partial charge on any atom is -0.347 e. The summed E-state index contributed by atoms with van der Waals surface area (Å²) >= 11 is 0. The van der Waals surface area contributed by atoms with Crippen LogP contribution in [0.5, 0.6) is 0 Å². The monoisotopic (exact) mass is 373 g/mol. The van der Waals surface area contributed by atoms with Crippen LogP contribution in [0.1, 0.15) is 48.4 Å². The summed E-state index contributed by atoms with van der Waals surface area (Å²) in [5, 5.41) is 3.25. The molecule has 0 spiro atoms. The van der Waals surface area contributed by atoms with Crippen LogP contribution in [0.15, 0.2) is 54.9 Å². The molecule has 1 aliphatic rings. The van der Waals surface area contributed by atoms with E-state index in [9.17, 15) is 4.79 Å². The molecular formula is C24H27N3O. The number of carbonyl (C=O) groups excluding carboxylic acids is 1. The smallest absolute Gasteiger partial charge is 0.251 e. The molecule has 0 saturated heterocycles. The van der Waals surface area contributed by atoms with Crippen LogP contribution >= 0.6 is 0 Å². The second kappa shape index (κ2) is 6.93. The first-order valence-corrected chi connectivity index (χ1v) is 9.88. The lowest BCUT2D eigenvalue weighted by atomic mass is 9.96. The molecule has 0 radical (unpaired) electrons. The molecule has 1 aromatic heterocycles. The van der Waals surface area contributed by atoms with E-state index in [1.165, 1.54) is 18.4 Å². The fourth-order valence-corrected chi connectivity index (χ4v) is 3.72. The summed E-state index contributed by atoms with van der Waals surface area (Å²) in [7, 11) is 0. The van der Waals surface area contributed by atoms with Gasteiger partial charge in [-0.2, -0.15) is 0 Å². The third kappa shape index (κ3) is 3.72. The Labute approximate surface area is 166 Å². The summed E-state index contributed by atoms with van der Waals surface area (Å²) in [6, 6.07) is 14.4. The predicted molar refractivity (Wildman–Crippen MR) is 113 cm³/mol. The molecule has 2 aromatic carbocycles. The summed E-state index contributed by atoms with van der Waals surface area (Å²) in [6.07, 6.45) is 6.09. The van der Waals surface area contributed by atoms with E-state index in [2.05, 4.69) is 61.4 Å². The molecular weight excluding hydrogens is 346 g/mol. The van der Waals surface area contributed by atoms with Crippen LogP contribution in [0.4, 0.5) is 0 Å². The summed E-state index contributed by atoms with van der Waals surface area (Å²) < 4.78 is 2.01. The average molecular weight is 374 g/mol. The summed E-state index contributed by atoms with van der Waals surface area (Å²) in [4.78, 5) is 17.4. The molecule has 0 bridgehead atoms. The lowest BCUT2D eigenvalue weighted by molar-refractivity contribution is 0.0903. The first-order chi connectivity index (χ1) is 13.3. The number of benzene rings is 2. The van der Waals surface area contributed by atoms with Gasteiger partial charge < -0.3 is 9.88 Å². The topological polar surface area (TPSA) is 46.9 Å². The number of nitrogens with one attached hydrogen (secondary N) is 1. The molecule has 4 heteroatoms. The number of imidazole rings is 1. The van der Waals surface area contributed by atoms with Gasteiger partial charge in [0.05, 0.1) is 0 Å². The Morgan fingerprint density at radius 2 is 1.79 bits per heavy atom. The zero-order valence-corrected chi connectivity index (χ0v) is 17.0. The molecule has 1 saturated carbocycles. The van der Waals surface area contributed by atoms with Gasteiger partial charge in [-0.3, -0.25) is 4.79 Å². The van der Waals surface area contributed by atoms with E-state index in [0.717, 1.165) is 22.6 Å². The fourth-order valence-electron chi connectivity index (χ4n) is 3.72. The Kier molecular flexibility index (Phi) is 4.58. The first kappa shape index (κ1) is 18.5. The van der Waals surface area contributed by atoms with Gasteiger partial charge in [0.25, 0.3) is 5.91 Å². The number of amides is 1. The van der Waals surface area contributed by atoms with Gasteiger partial charge in [0.1, 0.15) is 5.82 Å². The Bertz CT molecular complexity index is 1010. The molecule has 0 unspecified atom stereocenters. The van der Waals surface area contributed by atoms with Crippen molar-refractivity contribution in [3.8, 4) is 16.8 Å². The Morgan fingerprint density at radius 3 is 2.39 bits per heavy atom. The molecule has 1 aliphatic carbocycles. The molecule has 144 valence electrons. The number of hydrogen-bond donors (Lipinski definition) is 1. The van der Waals surface area contributed by atoms with Crippen LogP contribution in [0.2, 0.25) is 0 Å². The zero-order chi connectivity index (χ0) is 19.9. The summed E-state index contributed by atoms with van der Waals surface area (Å²) in [5.41, 5.74) is 4.79. The van der Waals surface area contributed by atoms with Crippen molar-refractivity contribution in [1.82, 2.24) is 14.9 Å². The highest BCUT2D eigenvalue weighted by Gasteiger charge is 2.38. The largest absolute Gasteiger partial charge is 0.347 e. The molecule has 1 N–H and O–H groups in total. The van der Waals surface area contributed by atoms with Crippen LogP contribution in [-0.2, 0) is 0 Å². The van der Waals surface area contributed by atoms with Crippen molar-refractivity contribution in [2.24, 2.45) is 5.92 Å². The van der Waals surface area contributed by atoms with Gasteiger partial charge in [0, 0.05) is 29.2 Å². The molecule has 1 amide bonds. The second-order valence-electron chi connectivity index (χ2n) is 8.43. The molecule has 1 fully saturated rings. The third-order valence-corrected chi connectivity index (χ3v) is 5.70. The lowest BCUT2D eigenvalue weighted by Gasteiger charge is -2.26. The Balaban J connectivity index is 1.76. The van der Waals surface area contributed by atoms with Crippen molar-refractivity contribution in [2.45, 2.75) is 46.1 Å². The van der Waals surface area contributed by atoms with E-state index in [1.54, 1.807) is 6.20 Å². The third-order valence-electron chi connectivity index (χ3n) is 5.70. The fraction of sp³-hybridized carbons (Fsp3) is 0.333. The van der Waals surface area contributed by atoms with Gasteiger partial charge in [-0.25, -0.2) is 4.98 Å². The van der Waals surface area contributed by atoms with Crippen molar-refractivity contribution in [3.05, 3.63) is 71.8 Å². The molecule has 28 heavy (non-hydrogen) atoms. The average Bonchev–Trinajstić information content (AvgIpc) is 3.44.